The number of hydrogen-bond acceptors (Lipinski definition) is 6. The Balaban J connectivity index is 1.68. The standard InChI is InChI=1S/C22H27N3O5/c1-24(2)14-8-10-25(11-9-14)15-6-7-16-13(12-15)4-3-5-17-18(16)23-21(27)20(19(17)26)30-22(28)29/h6-7,12,14H,3-5,8-11H2,1-2H3,(H,28,29)(H2,23,26,27). The number of nitrogens with one attached hydrogen (secondary N) is 1. The summed E-state index contributed by atoms with van der Waals surface area (Å²) in [6.45, 7) is 2.01. The fourth-order valence-corrected chi connectivity index (χ4v) is 4.59. The Kier molecular flexibility index (Phi) is 5.42. The Bertz CT molecular complexity index is 1020. The van der Waals surface area contributed by atoms with Gasteiger partial charge in [-0.25, -0.2) is 4.79 Å². The molecule has 0 radical (unpaired) electrons. The molecule has 8 heteroatoms. The van der Waals surface area contributed by atoms with E-state index in [4.69, 9.17) is 5.11 Å². The summed E-state index contributed by atoms with van der Waals surface area (Å²) in [4.78, 5) is 30.6. The molecular weight excluding hydrogens is 386 g/mol. The normalized spacial score (nSPS) is 16.7. The highest BCUT2D eigenvalue weighted by Gasteiger charge is 2.26. The van der Waals surface area contributed by atoms with Crippen LogP contribution in [0.3, 0.4) is 0 Å². The zero-order valence-corrected chi connectivity index (χ0v) is 17.3. The van der Waals surface area contributed by atoms with Crippen molar-refractivity contribution in [2.75, 3.05) is 32.1 Å². The van der Waals surface area contributed by atoms with Crippen molar-refractivity contribution in [3.05, 3.63) is 39.7 Å². The van der Waals surface area contributed by atoms with Gasteiger partial charge in [-0.15, -0.1) is 0 Å². The molecule has 0 spiro atoms. The van der Waals surface area contributed by atoms with Crippen LogP contribution in [0.4, 0.5) is 10.5 Å². The van der Waals surface area contributed by atoms with Gasteiger partial charge in [-0.2, -0.15) is 0 Å². The van der Waals surface area contributed by atoms with E-state index in [-0.39, 0.29) is 5.75 Å². The molecule has 2 heterocycles. The van der Waals surface area contributed by atoms with Crippen molar-refractivity contribution in [2.24, 2.45) is 0 Å². The molecule has 1 aromatic carbocycles. The molecule has 0 saturated carbocycles. The second-order valence-electron chi connectivity index (χ2n) is 8.23. The molecule has 1 aliphatic heterocycles. The molecular formula is C22H27N3O5. The van der Waals surface area contributed by atoms with Gasteiger partial charge < -0.3 is 29.7 Å². The van der Waals surface area contributed by atoms with E-state index in [0.29, 0.717) is 23.7 Å². The zero-order chi connectivity index (χ0) is 21.4. The maximum absolute atomic E-state index is 12.4. The third-order valence-electron chi connectivity index (χ3n) is 6.23. The van der Waals surface area contributed by atoms with Crippen LogP contribution in [0, 0.1) is 0 Å². The average Bonchev–Trinajstić information content (AvgIpc) is 2.90. The first kappa shape index (κ1) is 20.3. The van der Waals surface area contributed by atoms with Gasteiger partial charge in [0.15, 0.2) is 5.75 Å². The van der Waals surface area contributed by atoms with E-state index in [9.17, 15) is 14.7 Å². The summed E-state index contributed by atoms with van der Waals surface area (Å²) in [7, 11) is 4.26. The Morgan fingerprint density at radius 1 is 1.23 bits per heavy atom. The molecule has 3 N–H and O–H groups in total. The van der Waals surface area contributed by atoms with Gasteiger partial charge >= 0.3 is 6.16 Å². The summed E-state index contributed by atoms with van der Waals surface area (Å²) in [5.74, 6) is -0.955. The molecule has 0 unspecified atom stereocenters. The summed E-state index contributed by atoms with van der Waals surface area (Å²) in [5.41, 5.74) is 3.46. The molecule has 160 valence electrons. The average molecular weight is 413 g/mol. The van der Waals surface area contributed by atoms with Crippen molar-refractivity contribution >= 4 is 11.8 Å². The first-order chi connectivity index (χ1) is 14.3. The van der Waals surface area contributed by atoms with Crippen LogP contribution in [0.2, 0.25) is 0 Å². The highest BCUT2D eigenvalue weighted by Crippen LogP contribution is 2.39. The fraction of sp³-hybridized carbons (Fsp3) is 0.455. The van der Waals surface area contributed by atoms with Crippen LogP contribution in [0.15, 0.2) is 23.0 Å². The van der Waals surface area contributed by atoms with Crippen molar-refractivity contribution in [1.82, 2.24) is 9.88 Å². The highest BCUT2D eigenvalue weighted by atomic mass is 16.7. The monoisotopic (exact) mass is 413 g/mol. The molecule has 8 nitrogen and oxygen atoms in total. The van der Waals surface area contributed by atoms with E-state index in [0.717, 1.165) is 49.9 Å². The maximum atomic E-state index is 12.4. The van der Waals surface area contributed by atoms with Crippen LogP contribution < -0.4 is 15.2 Å². The first-order valence-electron chi connectivity index (χ1n) is 10.3. The lowest BCUT2D eigenvalue weighted by Gasteiger charge is -2.36. The highest BCUT2D eigenvalue weighted by molar-refractivity contribution is 5.75. The molecule has 4 rings (SSSR count). The van der Waals surface area contributed by atoms with E-state index in [1.165, 1.54) is 5.69 Å². The van der Waals surface area contributed by atoms with Crippen molar-refractivity contribution in [3.63, 3.8) is 0 Å². The Labute approximate surface area is 174 Å². The largest absolute Gasteiger partial charge is 0.511 e. The van der Waals surface area contributed by atoms with Crippen molar-refractivity contribution < 1.29 is 19.7 Å². The van der Waals surface area contributed by atoms with E-state index in [1.807, 2.05) is 6.07 Å². The predicted molar refractivity (Wildman–Crippen MR) is 114 cm³/mol. The number of anilines is 1. The van der Waals surface area contributed by atoms with Gasteiger partial charge in [0, 0.05) is 35.9 Å². The zero-order valence-electron chi connectivity index (χ0n) is 17.3. The van der Waals surface area contributed by atoms with E-state index in [1.54, 1.807) is 0 Å². The summed E-state index contributed by atoms with van der Waals surface area (Å²) in [5, 5.41) is 19.4. The van der Waals surface area contributed by atoms with Crippen LogP contribution in [-0.2, 0) is 12.8 Å². The van der Waals surface area contributed by atoms with E-state index in [2.05, 4.69) is 45.7 Å². The summed E-state index contributed by atoms with van der Waals surface area (Å²) < 4.78 is 4.51. The molecule has 0 bridgehead atoms. The number of rotatable bonds is 3. The molecule has 30 heavy (non-hydrogen) atoms. The third kappa shape index (κ3) is 3.75. The van der Waals surface area contributed by atoms with E-state index >= 15 is 0 Å². The van der Waals surface area contributed by atoms with Crippen LogP contribution >= 0.6 is 0 Å². The van der Waals surface area contributed by atoms with Gasteiger partial charge in [0.25, 0.3) is 5.56 Å². The SMILES string of the molecule is CN(C)C1CCN(c2ccc3c(c2)CCCc2c-3[nH]c(=O)c(OC(=O)O)c2O)CC1. The molecule has 1 fully saturated rings. The number of aryl methyl sites for hydroxylation is 1. The number of fused-ring (bicyclic) bond motifs is 3. The molecule has 0 atom stereocenters. The van der Waals surface area contributed by atoms with Crippen molar-refractivity contribution in [2.45, 2.75) is 38.1 Å². The van der Waals surface area contributed by atoms with Gasteiger partial charge in [-0.3, -0.25) is 4.79 Å². The fourth-order valence-electron chi connectivity index (χ4n) is 4.59. The Morgan fingerprint density at radius 3 is 2.63 bits per heavy atom. The number of ether oxygens (including phenoxy) is 1. The quantitative estimate of drug-likeness (QED) is 0.665. The van der Waals surface area contributed by atoms with Crippen LogP contribution in [-0.4, -0.2) is 59.5 Å². The smallest absolute Gasteiger partial charge is 0.504 e. The number of aromatic hydroxyl groups is 1. The summed E-state index contributed by atoms with van der Waals surface area (Å²) in [6, 6.07) is 6.84. The first-order valence-corrected chi connectivity index (χ1v) is 10.3. The van der Waals surface area contributed by atoms with Gasteiger partial charge in [-0.1, -0.05) is 6.07 Å². The third-order valence-corrected chi connectivity index (χ3v) is 6.23. The minimum absolute atomic E-state index is 0.390. The van der Waals surface area contributed by atoms with Gasteiger partial charge in [0.2, 0.25) is 5.75 Å². The second kappa shape index (κ2) is 8.02. The number of nitrogens with zero attached hydrogens (tertiary/aromatic N) is 2. The maximum Gasteiger partial charge on any atom is 0.511 e. The van der Waals surface area contributed by atoms with Crippen LogP contribution in [0.5, 0.6) is 11.5 Å². The Morgan fingerprint density at radius 2 is 1.97 bits per heavy atom. The minimum Gasteiger partial charge on any atom is -0.504 e. The van der Waals surface area contributed by atoms with Gasteiger partial charge in [0.1, 0.15) is 0 Å². The van der Waals surface area contributed by atoms with Crippen molar-refractivity contribution in [1.29, 1.82) is 0 Å². The Hall–Kier alpha value is -3.00. The number of aromatic amines is 1. The molecule has 1 aromatic heterocycles. The van der Waals surface area contributed by atoms with Gasteiger partial charge in [-0.05, 0) is 63.9 Å². The number of piperidine rings is 1. The molecule has 0 amide bonds. The van der Waals surface area contributed by atoms with Crippen LogP contribution in [0.1, 0.15) is 30.4 Å². The lowest BCUT2D eigenvalue weighted by molar-refractivity contribution is 0.142. The number of carbonyl (C=O) groups is 1. The second-order valence-corrected chi connectivity index (χ2v) is 8.23. The summed E-state index contributed by atoms with van der Waals surface area (Å²) in [6.07, 6.45) is 2.72. The number of H-pyrrole nitrogens is 1. The number of hydrogen-bond donors (Lipinski definition) is 3. The number of carboxylic acid groups (broad SMARTS) is 1. The number of aromatic nitrogens is 1. The lowest BCUT2D eigenvalue weighted by atomic mass is 9.98. The number of benzene rings is 1. The summed E-state index contributed by atoms with van der Waals surface area (Å²) >= 11 is 0. The molecule has 1 saturated heterocycles. The topological polar surface area (TPSA) is 106 Å². The van der Waals surface area contributed by atoms with Gasteiger partial charge in [0.05, 0.1) is 5.69 Å². The lowest BCUT2D eigenvalue weighted by Crippen LogP contribution is -2.42. The predicted octanol–water partition coefficient (Wildman–Crippen LogP) is 2.82. The molecule has 1 aliphatic carbocycles. The molecule has 2 aliphatic rings. The van der Waals surface area contributed by atoms with E-state index < -0.39 is 17.5 Å². The van der Waals surface area contributed by atoms with Crippen molar-refractivity contribution in [3.8, 4) is 22.8 Å². The minimum atomic E-state index is -1.63. The number of pyridine rings is 1. The molecule has 2 aromatic rings. The van der Waals surface area contributed by atoms with Crippen LogP contribution in [0.25, 0.3) is 11.3 Å².